The fourth-order valence-electron chi connectivity index (χ4n) is 3.45. The maximum absolute atomic E-state index is 12.3. The highest BCUT2D eigenvalue weighted by Crippen LogP contribution is 2.38. The number of carboxylic acids is 1. The molecule has 138 valence electrons. The first-order chi connectivity index (χ1) is 13.0. The third kappa shape index (κ3) is 3.42. The fraction of sp³-hybridized carbons (Fsp3) is 0.238. The average molecular weight is 427 g/mol. The van der Waals surface area contributed by atoms with E-state index < -0.39 is 5.97 Å². The van der Waals surface area contributed by atoms with Gasteiger partial charge in [-0.1, -0.05) is 45.8 Å². The van der Waals surface area contributed by atoms with Gasteiger partial charge in [0.2, 0.25) is 0 Å². The first-order valence-corrected chi connectivity index (χ1v) is 9.60. The maximum Gasteiger partial charge on any atom is 0.338 e. The summed E-state index contributed by atoms with van der Waals surface area (Å²) >= 11 is 3.45. The minimum atomic E-state index is -0.949. The Morgan fingerprint density at radius 2 is 1.85 bits per heavy atom. The monoisotopic (exact) mass is 426 g/mol. The highest BCUT2D eigenvalue weighted by atomic mass is 79.9. The third-order valence-corrected chi connectivity index (χ3v) is 5.28. The van der Waals surface area contributed by atoms with E-state index in [1.54, 1.807) is 0 Å². The normalized spacial score (nSPS) is 14.5. The molecule has 4 rings (SSSR count). The molecule has 2 aromatic carbocycles. The van der Waals surface area contributed by atoms with Gasteiger partial charge < -0.3 is 14.7 Å². The van der Waals surface area contributed by atoms with Crippen LogP contribution < -0.4 is 4.90 Å². The number of aromatic nitrogens is 1. The Kier molecular flexibility index (Phi) is 4.85. The van der Waals surface area contributed by atoms with Gasteiger partial charge in [0, 0.05) is 28.5 Å². The van der Waals surface area contributed by atoms with E-state index in [2.05, 4.69) is 20.8 Å². The number of aromatic carboxylic acids is 1. The number of pyridine rings is 1. The molecule has 1 aromatic heterocycles. The number of ether oxygens (including phenoxy) is 1. The van der Waals surface area contributed by atoms with Crippen molar-refractivity contribution in [2.75, 3.05) is 31.2 Å². The molecule has 0 unspecified atom stereocenters. The summed E-state index contributed by atoms with van der Waals surface area (Å²) in [7, 11) is 0. The minimum Gasteiger partial charge on any atom is -0.478 e. The molecular formula is C21H19BrN2O3. The molecule has 0 saturated carbocycles. The molecule has 3 aromatic rings. The quantitative estimate of drug-likeness (QED) is 0.667. The smallest absolute Gasteiger partial charge is 0.338 e. The van der Waals surface area contributed by atoms with Gasteiger partial charge in [-0.3, -0.25) is 0 Å². The van der Waals surface area contributed by atoms with Crippen LogP contribution in [0.15, 0.2) is 46.9 Å². The number of aryl methyl sites for hydroxylation is 1. The van der Waals surface area contributed by atoms with Gasteiger partial charge in [0.1, 0.15) is 0 Å². The van der Waals surface area contributed by atoms with Gasteiger partial charge in [0.05, 0.1) is 35.7 Å². The van der Waals surface area contributed by atoms with Gasteiger partial charge in [-0.05, 0) is 25.1 Å². The predicted molar refractivity (Wildman–Crippen MR) is 110 cm³/mol. The number of hydrogen-bond acceptors (Lipinski definition) is 4. The summed E-state index contributed by atoms with van der Waals surface area (Å²) in [5.41, 5.74) is 4.38. The summed E-state index contributed by atoms with van der Waals surface area (Å²) in [6.07, 6.45) is 0. The SMILES string of the molecule is Cc1ccc(-c2nc3ccc(Br)cc3c(C(=O)O)c2N2CCOCC2)cc1. The molecule has 27 heavy (non-hydrogen) atoms. The van der Waals surface area contributed by atoms with Gasteiger partial charge >= 0.3 is 5.97 Å². The molecule has 0 radical (unpaired) electrons. The molecule has 0 bridgehead atoms. The molecule has 0 amide bonds. The lowest BCUT2D eigenvalue weighted by molar-refractivity contribution is 0.0698. The van der Waals surface area contributed by atoms with Crippen molar-refractivity contribution in [1.29, 1.82) is 0 Å². The summed E-state index contributed by atoms with van der Waals surface area (Å²) in [5.74, 6) is -0.949. The van der Waals surface area contributed by atoms with Crippen LogP contribution in [0.25, 0.3) is 22.2 Å². The third-order valence-electron chi connectivity index (χ3n) is 4.79. The highest BCUT2D eigenvalue weighted by molar-refractivity contribution is 9.10. The standard InChI is InChI=1S/C21H19BrN2O3/c1-13-2-4-14(5-3-13)19-20(24-8-10-27-11-9-24)18(21(25)26)16-12-15(22)6-7-17(16)23-19/h2-7,12H,8-11H2,1H3,(H,25,26). The highest BCUT2D eigenvalue weighted by Gasteiger charge is 2.26. The second-order valence-corrected chi connectivity index (χ2v) is 7.53. The topological polar surface area (TPSA) is 62.7 Å². The lowest BCUT2D eigenvalue weighted by Gasteiger charge is -2.32. The van der Waals surface area contributed by atoms with Gasteiger partial charge in [0.25, 0.3) is 0 Å². The van der Waals surface area contributed by atoms with Crippen LogP contribution in [0.3, 0.4) is 0 Å². The second-order valence-electron chi connectivity index (χ2n) is 6.62. The van der Waals surface area contributed by atoms with Crippen molar-refractivity contribution in [2.24, 2.45) is 0 Å². The van der Waals surface area contributed by atoms with Crippen molar-refractivity contribution >= 4 is 38.5 Å². The van der Waals surface area contributed by atoms with Crippen molar-refractivity contribution in [1.82, 2.24) is 4.98 Å². The molecule has 5 nitrogen and oxygen atoms in total. The van der Waals surface area contributed by atoms with Crippen molar-refractivity contribution in [3.63, 3.8) is 0 Å². The van der Waals surface area contributed by atoms with Crippen LogP contribution in [-0.2, 0) is 4.74 Å². The summed E-state index contributed by atoms with van der Waals surface area (Å²) in [4.78, 5) is 19.3. The zero-order chi connectivity index (χ0) is 19.0. The molecule has 1 fully saturated rings. The fourth-order valence-corrected chi connectivity index (χ4v) is 3.81. The number of rotatable bonds is 3. The van der Waals surface area contributed by atoms with E-state index in [1.165, 1.54) is 0 Å². The zero-order valence-corrected chi connectivity index (χ0v) is 16.5. The van der Waals surface area contributed by atoms with Crippen LogP contribution in [0.4, 0.5) is 5.69 Å². The van der Waals surface area contributed by atoms with E-state index in [1.807, 2.05) is 49.4 Å². The first kappa shape index (κ1) is 17.9. The van der Waals surface area contributed by atoms with Crippen molar-refractivity contribution < 1.29 is 14.6 Å². The Morgan fingerprint density at radius 1 is 1.15 bits per heavy atom. The molecule has 1 N–H and O–H groups in total. The number of morpholine rings is 1. The Balaban J connectivity index is 2.06. The molecule has 2 heterocycles. The maximum atomic E-state index is 12.3. The largest absolute Gasteiger partial charge is 0.478 e. The Bertz CT molecular complexity index is 1010. The summed E-state index contributed by atoms with van der Waals surface area (Å²) in [5, 5.41) is 10.7. The van der Waals surface area contributed by atoms with Gasteiger partial charge in [-0.2, -0.15) is 0 Å². The lowest BCUT2D eigenvalue weighted by Crippen LogP contribution is -2.37. The zero-order valence-electron chi connectivity index (χ0n) is 14.9. The number of halogens is 1. The van der Waals surface area contributed by atoms with Crippen LogP contribution in [0.1, 0.15) is 15.9 Å². The minimum absolute atomic E-state index is 0.291. The first-order valence-electron chi connectivity index (χ1n) is 8.81. The number of carbonyl (C=O) groups is 1. The van der Waals surface area contributed by atoms with E-state index in [-0.39, 0.29) is 0 Å². The van der Waals surface area contributed by atoms with Crippen LogP contribution in [0, 0.1) is 6.92 Å². The summed E-state index contributed by atoms with van der Waals surface area (Å²) in [6, 6.07) is 13.6. The Morgan fingerprint density at radius 3 is 2.52 bits per heavy atom. The van der Waals surface area contributed by atoms with Crippen molar-refractivity contribution in [3.05, 3.63) is 58.1 Å². The number of anilines is 1. The number of fused-ring (bicyclic) bond motifs is 1. The molecule has 1 saturated heterocycles. The molecule has 0 spiro atoms. The molecule has 0 aliphatic carbocycles. The van der Waals surface area contributed by atoms with Crippen LogP contribution >= 0.6 is 15.9 Å². The van der Waals surface area contributed by atoms with E-state index in [0.29, 0.717) is 54.2 Å². The second kappa shape index (κ2) is 7.29. The summed E-state index contributed by atoms with van der Waals surface area (Å²) in [6.45, 7) is 4.45. The lowest BCUT2D eigenvalue weighted by atomic mass is 9.99. The Hall–Kier alpha value is -2.44. The van der Waals surface area contributed by atoms with E-state index >= 15 is 0 Å². The van der Waals surface area contributed by atoms with Crippen molar-refractivity contribution in [3.8, 4) is 11.3 Å². The van der Waals surface area contributed by atoms with Gasteiger partial charge in [-0.25, -0.2) is 9.78 Å². The van der Waals surface area contributed by atoms with Crippen LogP contribution in [0.2, 0.25) is 0 Å². The van der Waals surface area contributed by atoms with Crippen molar-refractivity contribution in [2.45, 2.75) is 6.92 Å². The number of benzene rings is 2. The molecule has 0 atom stereocenters. The van der Waals surface area contributed by atoms with Gasteiger partial charge in [-0.15, -0.1) is 0 Å². The number of hydrogen-bond donors (Lipinski definition) is 1. The molecule has 1 aliphatic rings. The van der Waals surface area contributed by atoms with E-state index in [4.69, 9.17) is 9.72 Å². The number of carboxylic acid groups (broad SMARTS) is 1. The van der Waals surface area contributed by atoms with Crippen LogP contribution in [0.5, 0.6) is 0 Å². The van der Waals surface area contributed by atoms with E-state index in [0.717, 1.165) is 15.6 Å². The Labute approximate surface area is 165 Å². The van der Waals surface area contributed by atoms with E-state index in [9.17, 15) is 9.90 Å². The predicted octanol–water partition coefficient (Wildman–Crippen LogP) is 4.51. The van der Waals surface area contributed by atoms with Gasteiger partial charge in [0.15, 0.2) is 0 Å². The summed E-state index contributed by atoms with van der Waals surface area (Å²) < 4.78 is 6.30. The average Bonchev–Trinajstić information content (AvgIpc) is 2.67. The molecule has 6 heteroatoms. The van der Waals surface area contributed by atoms with Crippen LogP contribution in [-0.4, -0.2) is 42.4 Å². The number of nitrogens with zero attached hydrogens (tertiary/aromatic N) is 2. The molecular weight excluding hydrogens is 408 g/mol. The molecule has 1 aliphatic heterocycles.